The van der Waals surface area contributed by atoms with E-state index in [2.05, 4.69) is 25.7 Å². The van der Waals surface area contributed by atoms with Crippen molar-refractivity contribution in [3.8, 4) is 0 Å². The number of hydrogen-bond acceptors (Lipinski definition) is 4. The second kappa shape index (κ2) is 10.2. The molecule has 7 nitrogen and oxygen atoms in total. The van der Waals surface area contributed by atoms with Gasteiger partial charge >= 0.3 is 0 Å². The number of halogens is 2. The lowest BCUT2D eigenvalue weighted by Gasteiger charge is -2.25. The second-order valence-corrected chi connectivity index (χ2v) is 6.81. The molecule has 0 spiro atoms. The number of hydrogen-bond donors (Lipinski definition) is 3. The SMILES string of the molecule is CCNC(=NCC(O)c1cccc(Cl)c1)NC1CCCn2nc(C)nc21.I. The van der Waals surface area contributed by atoms with E-state index >= 15 is 0 Å². The van der Waals surface area contributed by atoms with Gasteiger partial charge in [0.1, 0.15) is 11.6 Å². The van der Waals surface area contributed by atoms with Crippen LogP contribution in [0, 0.1) is 6.92 Å². The normalized spacial score (nSPS) is 17.6. The first kappa shape index (κ1) is 21.9. The van der Waals surface area contributed by atoms with Crippen molar-refractivity contribution in [2.24, 2.45) is 4.99 Å². The summed E-state index contributed by atoms with van der Waals surface area (Å²) in [5.41, 5.74) is 0.755. The third-order valence-electron chi connectivity index (χ3n) is 4.29. The average Bonchev–Trinajstić information content (AvgIpc) is 3.01. The first-order chi connectivity index (χ1) is 12.6. The Labute approximate surface area is 181 Å². The van der Waals surface area contributed by atoms with Gasteiger partial charge in [0.2, 0.25) is 0 Å². The smallest absolute Gasteiger partial charge is 0.191 e. The number of aliphatic imine (C=N–C) groups is 1. The van der Waals surface area contributed by atoms with Gasteiger partial charge in [-0.2, -0.15) is 5.10 Å². The molecule has 2 unspecified atom stereocenters. The molecule has 0 aliphatic carbocycles. The third-order valence-corrected chi connectivity index (χ3v) is 4.53. The number of guanidine groups is 1. The number of aliphatic hydroxyl groups is 1. The van der Waals surface area contributed by atoms with Gasteiger partial charge in [-0.05, 0) is 44.4 Å². The van der Waals surface area contributed by atoms with Crippen LogP contribution in [0.5, 0.6) is 0 Å². The average molecular weight is 505 g/mol. The van der Waals surface area contributed by atoms with Crippen LogP contribution in [0.25, 0.3) is 0 Å². The molecule has 2 atom stereocenters. The Morgan fingerprint density at radius 3 is 3.04 bits per heavy atom. The number of aromatic nitrogens is 3. The van der Waals surface area contributed by atoms with Crippen LogP contribution in [0.2, 0.25) is 5.02 Å². The molecule has 27 heavy (non-hydrogen) atoms. The van der Waals surface area contributed by atoms with Crippen molar-refractivity contribution in [1.82, 2.24) is 25.4 Å². The summed E-state index contributed by atoms with van der Waals surface area (Å²) < 4.78 is 1.96. The van der Waals surface area contributed by atoms with Gasteiger partial charge in [0.25, 0.3) is 0 Å². The summed E-state index contributed by atoms with van der Waals surface area (Å²) >= 11 is 5.99. The number of nitrogens with zero attached hydrogens (tertiary/aromatic N) is 4. The Balaban J connectivity index is 0.00000261. The fourth-order valence-corrected chi connectivity index (χ4v) is 3.29. The molecular formula is C18H26ClIN6O. The predicted molar refractivity (Wildman–Crippen MR) is 118 cm³/mol. The fraction of sp³-hybridized carbons (Fsp3) is 0.500. The van der Waals surface area contributed by atoms with Crippen LogP contribution in [-0.2, 0) is 6.54 Å². The molecule has 1 aliphatic heterocycles. The van der Waals surface area contributed by atoms with Gasteiger partial charge in [-0.25, -0.2) is 9.67 Å². The number of benzene rings is 1. The molecule has 1 aliphatic rings. The summed E-state index contributed by atoms with van der Waals surface area (Å²) in [7, 11) is 0. The molecule has 3 rings (SSSR count). The molecule has 0 fully saturated rings. The number of fused-ring (bicyclic) bond motifs is 1. The van der Waals surface area contributed by atoms with Crippen molar-refractivity contribution in [2.75, 3.05) is 13.1 Å². The Morgan fingerprint density at radius 1 is 1.48 bits per heavy atom. The van der Waals surface area contributed by atoms with Crippen LogP contribution < -0.4 is 10.6 Å². The van der Waals surface area contributed by atoms with E-state index < -0.39 is 6.10 Å². The molecule has 0 saturated carbocycles. The van der Waals surface area contributed by atoms with Gasteiger partial charge in [0.05, 0.1) is 18.7 Å². The molecule has 1 aromatic carbocycles. The number of rotatable bonds is 5. The van der Waals surface area contributed by atoms with Gasteiger partial charge in [-0.15, -0.1) is 24.0 Å². The second-order valence-electron chi connectivity index (χ2n) is 6.37. The highest BCUT2D eigenvalue weighted by molar-refractivity contribution is 14.0. The molecule has 0 amide bonds. The van der Waals surface area contributed by atoms with E-state index in [1.165, 1.54) is 0 Å². The highest BCUT2D eigenvalue weighted by Gasteiger charge is 2.24. The number of aryl methyl sites for hydroxylation is 2. The zero-order chi connectivity index (χ0) is 18.5. The quantitative estimate of drug-likeness (QED) is 0.331. The molecule has 0 saturated heterocycles. The molecule has 2 heterocycles. The van der Waals surface area contributed by atoms with Crippen LogP contribution in [0.3, 0.4) is 0 Å². The fourth-order valence-electron chi connectivity index (χ4n) is 3.09. The molecule has 2 aromatic rings. The topological polar surface area (TPSA) is 87.4 Å². The van der Waals surface area contributed by atoms with Gasteiger partial charge in [0, 0.05) is 18.1 Å². The molecular weight excluding hydrogens is 479 g/mol. The van der Waals surface area contributed by atoms with E-state index in [0.717, 1.165) is 43.1 Å². The Morgan fingerprint density at radius 2 is 2.30 bits per heavy atom. The van der Waals surface area contributed by atoms with Gasteiger partial charge < -0.3 is 15.7 Å². The van der Waals surface area contributed by atoms with Crippen molar-refractivity contribution in [2.45, 2.75) is 45.4 Å². The Hall–Kier alpha value is -1.39. The monoisotopic (exact) mass is 504 g/mol. The van der Waals surface area contributed by atoms with Gasteiger partial charge in [-0.3, -0.25) is 4.99 Å². The molecule has 0 bridgehead atoms. The van der Waals surface area contributed by atoms with E-state index in [4.69, 9.17) is 11.6 Å². The first-order valence-corrected chi connectivity index (χ1v) is 9.34. The van der Waals surface area contributed by atoms with Crippen LogP contribution in [0.4, 0.5) is 0 Å². The molecule has 1 aromatic heterocycles. The van der Waals surface area contributed by atoms with E-state index in [9.17, 15) is 5.11 Å². The maximum atomic E-state index is 10.4. The molecule has 0 radical (unpaired) electrons. The minimum absolute atomic E-state index is 0. The molecule has 3 N–H and O–H groups in total. The largest absolute Gasteiger partial charge is 0.386 e. The van der Waals surface area contributed by atoms with Crippen molar-refractivity contribution in [3.63, 3.8) is 0 Å². The lowest BCUT2D eigenvalue weighted by Crippen LogP contribution is -2.41. The highest BCUT2D eigenvalue weighted by atomic mass is 127. The van der Waals surface area contributed by atoms with Crippen LogP contribution in [0.15, 0.2) is 29.3 Å². The van der Waals surface area contributed by atoms with E-state index in [1.807, 2.05) is 30.7 Å². The number of nitrogens with one attached hydrogen (secondary N) is 2. The summed E-state index contributed by atoms with van der Waals surface area (Å²) in [6, 6.07) is 7.28. The zero-order valence-electron chi connectivity index (χ0n) is 15.5. The maximum Gasteiger partial charge on any atom is 0.191 e. The summed E-state index contributed by atoms with van der Waals surface area (Å²) in [6.07, 6.45) is 1.30. The summed E-state index contributed by atoms with van der Waals surface area (Å²) in [5.74, 6) is 2.38. The standard InChI is InChI=1S/C18H25ClN6O.HI/c1-3-20-18(21-11-16(26)13-6-4-7-14(19)10-13)23-15-8-5-9-25-17(15)22-12(2)24-25;/h4,6-7,10,15-16,26H,3,5,8-9,11H2,1-2H3,(H2,20,21,23);1H. The summed E-state index contributed by atoms with van der Waals surface area (Å²) in [4.78, 5) is 9.08. The van der Waals surface area contributed by atoms with Crippen LogP contribution in [0.1, 0.15) is 49.1 Å². The number of aliphatic hydroxyl groups excluding tert-OH is 1. The molecule has 148 valence electrons. The first-order valence-electron chi connectivity index (χ1n) is 8.96. The Bertz CT molecular complexity index is 781. The van der Waals surface area contributed by atoms with Crippen molar-refractivity contribution in [1.29, 1.82) is 0 Å². The van der Waals surface area contributed by atoms with Crippen molar-refractivity contribution >= 4 is 41.5 Å². The van der Waals surface area contributed by atoms with Crippen molar-refractivity contribution < 1.29 is 5.11 Å². The third kappa shape index (κ3) is 5.79. The van der Waals surface area contributed by atoms with E-state index in [0.29, 0.717) is 11.0 Å². The van der Waals surface area contributed by atoms with Crippen molar-refractivity contribution in [3.05, 3.63) is 46.5 Å². The Kier molecular flexibility index (Phi) is 8.30. The van der Waals surface area contributed by atoms with Crippen LogP contribution in [-0.4, -0.2) is 38.9 Å². The molecule has 9 heteroatoms. The van der Waals surface area contributed by atoms with Gasteiger partial charge in [-0.1, -0.05) is 23.7 Å². The minimum Gasteiger partial charge on any atom is -0.386 e. The van der Waals surface area contributed by atoms with E-state index in [1.54, 1.807) is 12.1 Å². The van der Waals surface area contributed by atoms with E-state index in [-0.39, 0.29) is 36.6 Å². The predicted octanol–water partition coefficient (Wildman–Crippen LogP) is 2.98. The van der Waals surface area contributed by atoms with Crippen LogP contribution >= 0.6 is 35.6 Å². The minimum atomic E-state index is -0.707. The lowest BCUT2D eigenvalue weighted by molar-refractivity contribution is 0.187. The summed E-state index contributed by atoms with van der Waals surface area (Å²) in [6.45, 7) is 5.79. The maximum absolute atomic E-state index is 10.4. The highest BCUT2D eigenvalue weighted by Crippen LogP contribution is 2.23. The summed E-state index contributed by atoms with van der Waals surface area (Å²) in [5, 5.41) is 22.1. The van der Waals surface area contributed by atoms with Gasteiger partial charge in [0.15, 0.2) is 5.96 Å². The lowest BCUT2D eigenvalue weighted by atomic mass is 10.1. The zero-order valence-corrected chi connectivity index (χ0v) is 18.6.